The van der Waals surface area contributed by atoms with Crippen LogP contribution in [0.2, 0.25) is 0 Å². The van der Waals surface area contributed by atoms with Crippen molar-refractivity contribution < 1.29 is 4.79 Å². The molecule has 2 aliphatic rings. The second-order valence-electron chi connectivity index (χ2n) is 7.64. The van der Waals surface area contributed by atoms with Crippen LogP contribution >= 0.6 is 35.3 Å². The van der Waals surface area contributed by atoms with Crippen LogP contribution in [0.25, 0.3) is 0 Å². The van der Waals surface area contributed by atoms with Gasteiger partial charge in [0.1, 0.15) is 0 Å². The molecule has 6 nitrogen and oxygen atoms in total. The number of rotatable bonds is 7. The van der Waals surface area contributed by atoms with Crippen molar-refractivity contribution in [1.82, 2.24) is 20.5 Å². The fourth-order valence-corrected chi connectivity index (χ4v) is 4.78. The predicted octanol–water partition coefficient (Wildman–Crippen LogP) is 3.35. The van der Waals surface area contributed by atoms with Crippen LogP contribution in [0.1, 0.15) is 56.2 Å². The zero-order chi connectivity index (χ0) is 19.1. The average Bonchev–Trinajstić information content (AvgIpc) is 3.40. The molecular formula is C20H34IN5OS. The Hall–Kier alpha value is -0.900. The van der Waals surface area contributed by atoms with Crippen molar-refractivity contribution in [2.75, 3.05) is 26.2 Å². The molecule has 1 aliphatic carbocycles. The van der Waals surface area contributed by atoms with Crippen LogP contribution in [0.4, 0.5) is 0 Å². The molecule has 2 fully saturated rings. The first-order valence-corrected chi connectivity index (χ1v) is 11.3. The summed E-state index contributed by atoms with van der Waals surface area (Å²) in [5.74, 6) is 1.52. The highest BCUT2D eigenvalue weighted by Crippen LogP contribution is 2.27. The van der Waals surface area contributed by atoms with Crippen LogP contribution in [0.3, 0.4) is 0 Å². The Morgan fingerprint density at radius 1 is 1.36 bits per heavy atom. The van der Waals surface area contributed by atoms with Crippen LogP contribution in [-0.2, 0) is 11.2 Å². The van der Waals surface area contributed by atoms with E-state index in [2.05, 4.69) is 32.8 Å². The summed E-state index contributed by atoms with van der Waals surface area (Å²) >= 11 is 1.73. The number of guanidine groups is 1. The normalized spacial score (nSPS) is 20.3. The van der Waals surface area contributed by atoms with Gasteiger partial charge in [0, 0.05) is 55.6 Å². The van der Waals surface area contributed by atoms with Crippen LogP contribution in [0, 0.1) is 12.8 Å². The Morgan fingerprint density at radius 2 is 2.14 bits per heavy atom. The van der Waals surface area contributed by atoms with E-state index in [1.807, 2.05) is 6.92 Å². The van der Waals surface area contributed by atoms with Crippen molar-refractivity contribution in [2.24, 2.45) is 10.9 Å². The molecule has 1 atom stereocenters. The highest BCUT2D eigenvalue weighted by atomic mass is 127. The van der Waals surface area contributed by atoms with Crippen LogP contribution in [-0.4, -0.2) is 54.0 Å². The van der Waals surface area contributed by atoms with E-state index in [-0.39, 0.29) is 29.9 Å². The van der Waals surface area contributed by atoms with Gasteiger partial charge < -0.3 is 15.5 Å². The van der Waals surface area contributed by atoms with Crippen molar-refractivity contribution in [1.29, 1.82) is 0 Å². The number of aliphatic imine (C=N–C) groups is 1. The van der Waals surface area contributed by atoms with Gasteiger partial charge in [-0.2, -0.15) is 0 Å². The maximum Gasteiger partial charge on any atom is 0.225 e. The van der Waals surface area contributed by atoms with Gasteiger partial charge in [-0.05, 0) is 39.5 Å². The molecule has 3 rings (SSSR count). The minimum absolute atomic E-state index is 0. The molecule has 8 heteroatoms. The van der Waals surface area contributed by atoms with Crippen LogP contribution in [0.15, 0.2) is 10.4 Å². The number of hydrogen-bond acceptors (Lipinski definition) is 4. The molecule has 1 saturated carbocycles. The molecule has 0 aromatic carbocycles. The summed E-state index contributed by atoms with van der Waals surface area (Å²) in [6.45, 7) is 7.42. The Kier molecular flexibility index (Phi) is 9.98. The zero-order valence-corrected chi connectivity index (χ0v) is 20.2. The molecule has 1 unspecified atom stereocenters. The fourth-order valence-electron chi connectivity index (χ4n) is 3.96. The van der Waals surface area contributed by atoms with E-state index >= 15 is 0 Å². The minimum atomic E-state index is 0. The number of aromatic nitrogens is 1. The lowest BCUT2D eigenvalue weighted by Gasteiger charge is -2.21. The summed E-state index contributed by atoms with van der Waals surface area (Å²) in [5, 5.41) is 10.2. The summed E-state index contributed by atoms with van der Waals surface area (Å²) in [6.07, 6.45) is 7.57. The molecule has 0 radical (unpaired) electrons. The third-order valence-electron chi connectivity index (χ3n) is 5.37. The van der Waals surface area contributed by atoms with E-state index in [0.717, 1.165) is 69.9 Å². The summed E-state index contributed by atoms with van der Waals surface area (Å²) in [4.78, 5) is 23.9. The van der Waals surface area contributed by atoms with Crippen molar-refractivity contribution in [3.63, 3.8) is 0 Å². The second-order valence-corrected chi connectivity index (χ2v) is 8.59. The summed E-state index contributed by atoms with van der Waals surface area (Å²) in [7, 11) is 0. The highest BCUT2D eigenvalue weighted by molar-refractivity contribution is 14.0. The fraction of sp³-hybridized carbons (Fsp3) is 0.750. The Bertz CT molecular complexity index is 644. The average molecular weight is 519 g/mol. The Labute approximate surface area is 190 Å². The number of halogens is 1. The van der Waals surface area contributed by atoms with Gasteiger partial charge >= 0.3 is 0 Å². The van der Waals surface area contributed by atoms with Gasteiger partial charge in [0.25, 0.3) is 0 Å². The molecule has 0 spiro atoms. The van der Waals surface area contributed by atoms with E-state index in [9.17, 15) is 4.79 Å². The van der Waals surface area contributed by atoms with Gasteiger partial charge in [0.05, 0.1) is 5.01 Å². The van der Waals surface area contributed by atoms with Crippen molar-refractivity contribution >= 4 is 47.2 Å². The van der Waals surface area contributed by atoms with Crippen molar-refractivity contribution in [3.05, 3.63) is 16.1 Å². The highest BCUT2D eigenvalue weighted by Gasteiger charge is 2.32. The first kappa shape index (κ1) is 23.4. The van der Waals surface area contributed by atoms with Gasteiger partial charge in [-0.25, -0.2) is 4.98 Å². The molecule has 1 aromatic rings. The lowest BCUT2D eigenvalue weighted by molar-refractivity contribution is -0.134. The largest absolute Gasteiger partial charge is 0.357 e. The number of carbonyl (C=O) groups excluding carboxylic acids is 1. The summed E-state index contributed by atoms with van der Waals surface area (Å²) in [6, 6.07) is 0.301. The SMILES string of the molecule is CCNC(=NCCCc1nc(C)cs1)NC1CCN(C(=O)C2CCCC2)C1.I. The molecule has 0 bridgehead atoms. The Morgan fingerprint density at radius 3 is 2.82 bits per heavy atom. The smallest absolute Gasteiger partial charge is 0.225 e. The molecule has 1 aliphatic heterocycles. The number of hydrogen-bond donors (Lipinski definition) is 2. The molecule has 2 N–H and O–H groups in total. The van der Waals surface area contributed by atoms with Crippen molar-refractivity contribution in [2.45, 2.75) is 64.8 Å². The van der Waals surface area contributed by atoms with E-state index in [4.69, 9.17) is 4.99 Å². The van der Waals surface area contributed by atoms with Crippen molar-refractivity contribution in [3.8, 4) is 0 Å². The van der Waals surface area contributed by atoms with Crippen LogP contribution < -0.4 is 10.6 Å². The minimum Gasteiger partial charge on any atom is -0.357 e. The van der Waals surface area contributed by atoms with E-state index in [1.165, 1.54) is 17.8 Å². The molecule has 1 saturated heterocycles. The molecule has 158 valence electrons. The zero-order valence-electron chi connectivity index (χ0n) is 17.1. The number of thiazole rings is 1. The number of amides is 1. The van der Waals surface area contributed by atoms with Gasteiger partial charge in [0.15, 0.2) is 5.96 Å². The molecular weight excluding hydrogens is 485 g/mol. The van der Waals surface area contributed by atoms with Crippen LogP contribution in [0.5, 0.6) is 0 Å². The number of carbonyl (C=O) groups is 1. The third kappa shape index (κ3) is 6.86. The lowest BCUT2D eigenvalue weighted by atomic mass is 10.1. The maximum absolute atomic E-state index is 12.6. The Balaban J connectivity index is 0.00000280. The molecule has 1 amide bonds. The molecule has 28 heavy (non-hydrogen) atoms. The lowest BCUT2D eigenvalue weighted by Crippen LogP contribution is -2.45. The van der Waals surface area contributed by atoms with Gasteiger partial charge in [-0.15, -0.1) is 35.3 Å². The molecule has 1 aromatic heterocycles. The number of aryl methyl sites for hydroxylation is 2. The predicted molar refractivity (Wildman–Crippen MR) is 127 cm³/mol. The number of likely N-dealkylation sites (tertiary alicyclic amines) is 1. The topological polar surface area (TPSA) is 69.6 Å². The quantitative estimate of drug-likeness (QED) is 0.251. The maximum atomic E-state index is 12.6. The first-order valence-electron chi connectivity index (χ1n) is 10.4. The summed E-state index contributed by atoms with van der Waals surface area (Å²) in [5.41, 5.74) is 1.10. The summed E-state index contributed by atoms with van der Waals surface area (Å²) < 4.78 is 0. The van der Waals surface area contributed by atoms with Gasteiger partial charge in [-0.1, -0.05) is 12.8 Å². The van der Waals surface area contributed by atoms with E-state index in [1.54, 1.807) is 11.3 Å². The van der Waals surface area contributed by atoms with Gasteiger partial charge in [0.2, 0.25) is 5.91 Å². The second kappa shape index (κ2) is 11.9. The van der Waals surface area contributed by atoms with Gasteiger partial charge in [-0.3, -0.25) is 9.79 Å². The van der Waals surface area contributed by atoms with E-state index in [0.29, 0.717) is 11.9 Å². The monoisotopic (exact) mass is 519 g/mol. The molecule has 2 heterocycles. The third-order valence-corrected chi connectivity index (χ3v) is 6.40. The van der Waals surface area contributed by atoms with E-state index < -0.39 is 0 Å². The first-order chi connectivity index (χ1) is 13.2. The number of nitrogens with zero attached hydrogens (tertiary/aromatic N) is 3. The number of nitrogens with one attached hydrogen (secondary N) is 2. The standard InChI is InChI=1S/C20H33N5OS.HI/c1-3-21-20(22-11-6-9-18-23-15(2)14-27-18)24-17-10-12-25(13-17)19(26)16-7-4-5-8-16;/h14,16-17H,3-13H2,1-2H3,(H2,21,22,24);1H.